The van der Waals surface area contributed by atoms with E-state index in [-0.39, 0.29) is 29.5 Å². The Labute approximate surface area is 169 Å². The quantitative estimate of drug-likeness (QED) is 0.652. The molecule has 2 heterocycles. The van der Waals surface area contributed by atoms with Gasteiger partial charge in [0.2, 0.25) is 0 Å². The summed E-state index contributed by atoms with van der Waals surface area (Å²) in [5.41, 5.74) is 1.28. The maximum atomic E-state index is 13.1. The summed E-state index contributed by atoms with van der Waals surface area (Å²) < 4.78 is 14.4. The van der Waals surface area contributed by atoms with Gasteiger partial charge in [0, 0.05) is 11.3 Å². The summed E-state index contributed by atoms with van der Waals surface area (Å²) in [5.74, 6) is -2.66. The third-order valence-corrected chi connectivity index (χ3v) is 4.81. The molecule has 0 atom stereocenters. The van der Waals surface area contributed by atoms with E-state index < -0.39 is 23.6 Å². The second-order valence-electron chi connectivity index (χ2n) is 6.75. The number of aryl methyl sites for hydroxylation is 1. The number of H-pyrrole nitrogens is 1. The van der Waals surface area contributed by atoms with Crippen molar-refractivity contribution in [3.63, 3.8) is 0 Å². The smallest absolute Gasteiger partial charge is 0.330 e. The average molecular weight is 409 g/mol. The van der Waals surface area contributed by atoms with Crippen molar-refractivity contribution >= 4 is 17.8 Å². The summed E-state index contributed by atoms with van der Waals surface area (Å²) in [6, 6.07) is 11.5. The zero-order valence-corrected chi connectivity index (χ0v) is 15.8. The third kappa shape index (κ3) is 3.30. The first kappa shape index (κ1) is 19.3. The highest BCUT2D eigenvalue weighted by Crippen LogP contribution is 2.23. The van der Waals surface area contributed by atoms with Crippen LogP contribution in [0.4, 0.5) is 4.39 Å². The number of fused-ring (bicyclic) bond motifs is 1. The van der Waals surface area contributed by atoms with Crippen LogP contribution in [0.1, 0.15) is 38.4 Å². The number of nitrogens with one attached hydrogen (secondary N) is 1. The fraction of sp³-hybridized carbons (Fsp3) is 0.143. The zero-order valence-electron chi connectivity index (χ0n) is 15.8. The number of rotatable bonds is 5. The largest absolute Gasteiger partial charge is 0.333 e. The van der Waals surface area contributed by atoms with Gasteiger partial charge < -0.3 is 4.84 Å². The predicted octanol–water partition coefficient (Wildman–Crippen LogP) is 2.30. The average Bonchev–Trinajstić information content (AvgIpc) is 3.15. The molecule has 1 aliphatic rings. The number of carbonyl (C=O) groups is 3. The first-order chi connectivity index (χ1) is 14.4. The molecule has 0 saturated carbocycles. The van der Waals surface area contributed by atoms with Gasteiger partial charge in [-0.3, -0.25) is 19.5 Å². The SMILES string of the molecule is Cc1[nH]n(-c2ccc(F)cc2)c(=O)c1CCC(=O)ON1C(=O)c2ccccc2C1=O. The van der Waals surface area contributed by atoms with Crippen LogP contribution in [-0.2, 0) is 16.1 Å². The molecule has 9 heteroatoms. The van der Waals surface area contributed by atoms with Crippen LogP contribution in [0, 0.1) is 12.7 Å². The second kappa shape index (κ2) is 7.43. The van der Waals surface area contributed by atoms with Gasteiger partial charge in [0.1, 0.15) is 5.82 Å². The Morgan fingerprint density at radius 2 is 1.60 bits per heavy atom. The molecule has 2 amide bonds. The number of aromatic nitrogens is 2. The summed E-state index contributed by atoms with van der Waals surface area (Å²) in [6.45, 7) is 1.67. The van der Waals surface area contributed by atoms with E-state index in [0.29, 0.717) is 22.0 Å². The summed E-state index contributed by atoms with van der Waals surface area (Å²) in [4.78, 5) is 54.3. The highest BCUT2D eigenvalue weighted by atomic mass is 19.1. The number of nitrogens with zero attached hydrogens (tertiary/aromatic N) is 2. The van der Waals surface area contributed by atoms with Gasteiger partial charge in [0.25, 0.3) is 17.4 Å². The number of carbonyl (C=O) groups excluding carboxylic acids is 3. The van der Waals surface area contributed by atoms with Crippen LogP contribution >= 0.6 is 0 Å². The Morgan fingerprint density at radius 3 is 2.20 bits per heavy atom. The van der Waals surface area contributed by atoms with E-state index in [0.717, 1.165) is 0 Å². The Hall–Kier alpha value is -4.01. The van der Waals surface area contributed by atoms with Gasteiger partial charge in [0.05, 0.1) is 23.2 Å². The molecule has 0 spiro atoms. The van der Waals surface area contributed by atoms with Crippen LogP contribution < -0.4 is 5.56 Å². The Balaban J connectivity index is 1.45. The van der Waals surface area contributed by atoms with Gasteiger partial charge in [-0.2, -0.15) is 0 Å². The summed E-state index contributed by atoms with van der Waals surface area (Å²) in [6.07, 6.45) is -0.178. The molecule has 0 saturated heterocycles. The minimum absolute atomic E-state index is 0.0391. The van der Waals surface area contributed by atoms with Crippen molar-refractivity contribution in [3.05, 3.63) is 87.1 Å². The van der Waals surface area contributed by atoms with Gasteiger partial charge in [-0.1, -0.05) is 17.2 Å². The Morgan fingerprint density at radius 1 is 1.00 bits per heavy atom. The molecule has 1 aromatic heterocycles. The van der Waals surface area contributed by atoms with E-state index in [2.05, 4.69) is 5.10 Å². The topological polar surface area (TPSA) is 101 Å². The van der Waals surface area contributed by atoms with Gasteiger partial charge in [0.15, 0.2) is 0 Å². The van der Waals surface area contributed by atoms with E-state index in [1.807, 2.05) is 0 Å². The number of hydrogen-bond donors (Lipinski definition) is 1. The molecule has 30 heavy (non-hydrogen) atoms. The van der Waals surface area contributed by atoms with Crippen molar-refractivity contribution in [1.29, 1.82) is 0 Å². The first-order valence-electron chi connectivity index (χ1n) is 9.12. The molecule has 8 nitrogen and oxygen atoms in total. The van der Waals surface area contributed by atoms with Crippen LogP contribution in [0.3, 0.4) is 0 Å². The molecule has 1 aliphatic heterocycles. The van der Waals surface area contributed by atoms with Crippen molar-refractivity contribution in [2.45, 2.75) is 19.8 Å². The molecule has 4 rings (SSSR count). The van der Waals surface area contributed by atoms with Gasteiger partial charge in [-0.05, 0) is 49.7 Å². The maximum absolute atomic E-state index is 13.1. The molecular formula is C21H16FN3O5. The lowest BCUT2D eigenvalue weighted by Gasteiger charge is -2.12. The molecule has 0 fully saturated rings. The van der Waals surface area contributed by atoms with Crippen molar-refractivity contribution in [2.75, 3.05) is 0 Å². The lowest BCUT2D eigenvalue weighted by Crippen LogP contribution is -2.32. The number of halogens is 1. The molecule has 2 aromatic carbocycles. The summed E-state index contributed by atoms with van der Waals surface area (Å²) >= 11 is 0. The highest BCUT2D eigenvalue weighted by Gasteiger charge is 2.38. The molecule has 1 N–H and O–H groups in total. The number of benzene rings is 2. The van der Waals surface area contributed by atoms with Crippen molar-refractivity contribution in [3.8, 4) is 5.69 Å². The van der Waals surface area contributed by atoms with E-state index in [1.54, 1.807) is 19.1 Å². The normalized spacial score (nSPS) is 12.9. The van der Waals surface area contributed by atoms with Crippen molar-refractivity contribution in [1.82, 2.24) is 14.8 Å². The van der Waals surface area contributed by atoms with E-state index in [4.69, 9.17) is 4.84 Å². The van der Waals surface area contributed by atoms with Gasteiger partial charge in [-0.15, -0.1) is 0 Å². The lowest BCUT2D eigenvalue weighted by atomic mass is 10.1. The summed E-state index contributed by atoms with van der Waals surface area (Å²) in [7, 11) is 0. The molecule has 0 radical (unpaired) electrons. The van der Waals surface area contributed by atoms with Crippen molar-refractivity contribution < 1.29 is 23.6 Å². The van der Waals surface area contributed by atoms with Crippen LogP contribution in [0.5, 0.6) is 0 Å². The minimum atomic E-state index is -0.821. The van der Waals surface area contributed by atoms with E-state index in [9.17, 15) is 23.6 Å². The van der Waals surface area contributed by atoms with Crippen molar-refractivity contribution in [2.24, 2.45) is 0 Å². The van der Waals surface area contributed by atoms with Crippen LogP contribution in [-0.4, -0.2) is 32.6 Å². The van der Waals surface area contributed by atoms with E-state index >= 15 is 0 Å². The molecule has 152 valence electrons. The molecule has 0 aliphatic carbocycles. The maximum Gasteiger partial charge on any atom is 0.333 e. The second-order valence-corrected chi connectivity index (χ2v) is 6.75. The number of aromatic amines is 1. The predicted molar refractivity (Wildman–Crippen MR) is 102 cm³/mol. The van der Waals surface area contributed by atoms with Crippen LogP contribution in [0.15, 0.2) is 53.3 Å². The number of amides is 2. The molecular weight excluding hydrogens is 393 g/mol. The standard InChI is InChI=1S/C21H16FN3O5/c1-12-15(19(27)24(23-12)14-8-6-13(22)7-9-14)10-11-18(26)30-25-20(28)16-4-2-3-5-17(16)21(25)29/h2-9,23H,10-11H2,1H3. The highest BCUT2D eigenvalue weighted by molar-refractivity contribution is 6.20. The van der Waals surface area contributed by atoms with Crippen LogP contribution in [0.2, 0.25) is 0 Å². The third-order valence-electron chi connectivity index (χ3n) is 4.81. The monoisotopic (exact) mass is 409 g/mol. The summed E-state index contributed by atoms with van der Waals surface area (Å²) in [5, 5.41) is 3.32. The van der Waals surface area contributed by atoms with Crippen LogP contribution in [0.25, 0.3) is 5.69 Å². The first-order valence-corrected chi connectivity index (χ1v) is 9.12. The van der Waals surface area contributed by atoms with Gasteiger partial charge in [-0.25, -0.2) is 13.9 Å². The molecule has 0 bridgehead atoms. The number of hydrogen-bond acceptors (Lipinski definition) is 5. The fourth-order valence-electron chi connectivity index (χ4n) is 3.27. The molecule has 3 aromatic rings. The fourth-order valence-corrected chi connectivity index (χ4v) is 3.27. The van der Waals surface area contributed by atoms with Gasteiger partial charge >= 0.3 is 5.97 Å². The Bertz CT molecular complexity index is 1190. The lowest BCUT2D eigenvalue weighted by molar-refractivity contribution is -0.168. The minimum Gasteiger partial charge on any atom is -0.330 e. The Kier molecular flexibility index (Phi) is 4.78. The zero-order chi connectivity index (χ0) is 21.4. The van der Waals surface area contributed by atoms with E-state index in [1.165, 1.54) is 41.1 Å². The molecule has 0 unspecified atom stereocenters. The number of hydroxylamine groups is 2. The number of imide groups is 1.